The number of hydrogen-bond acceptors (Lipinski definition) is 6. The van der Waals surface area contributed by atoms with Crippen molar-refractivity contribution >= 4 is 22.8 Å². The molecule has 0 aliphatic rings. The molecule has 1 aromatic carbocycles. The predicted octanol–water partition coefficient (Wildman–Crippen LogP) is 3.53. The smallest absolute Gasteiger partial charge is 0.366 e. The minimum absolute atomic E-state index is 0.0314. The summed E-state index contributed by atoms with van der Waals surface area (Å²) < 4.78 is 79.3. The lowest BCUT2D eigenvalue weighted by Gasteiger charge is -2.23. The van der Waals surface area contributed by atoms with Gasteiger partial charge in [-0.1, -0.05) is 6.07 Å². The molecule has 1 atom stereocenters. The van der Waals surface area contributed by atoms with Crippen LogP contribution in [0.1, 0.15) is 33.1 Å². The number of likely N-dealkylation sites (N-methyl/N-ethyl adjacent to an activating group) is 1. The largest absolute Gasteiger partial charge is 0.417 e. The number of pyridine rings is 1. The number of anilines is 1. The molecule has 0 fully saturated rings. The molecule has 13 heteroatoms. The Morgan fingerprint density at radius 2 is 1.69 bits per heavy atom. The molecule has 3 rings (SSSR count). The first-order valence-corrected chi connectivity index (χ1v) is 9.02. The average Bonchev–Trinajstić information content (AvgIpc) is 2.71. The second kappa shape index (κ2) is 8.57. The Kier molecular flexibility index (Phi) is 6.21. The van der Waals surface area contributed by atoms with Crippen LogP contribution in [0.2, 0.25) is 0 Å². The van der Waals surface area contributed by atoms with E-state index in [-0.39, 0.29) is 34.5 Å². The number of benzene rings is 1. The Morgan fingerprint density at radius 3 is 2.28 bits per heavy atom. The SMILES string of the molecule is CNCC(Nc1ncnc2c(C(N)=O)ccnc12)c1ccc(C(F)(F)F)c(C(F)(F)F)c1. The number of nitrogens with two attached hydrogens (primary N) is 1. The van der Waals surface area contributed by atoms with Crippen LogP contribution in [0.4, 0.5) is 32.2 Å². The van der Waals surface area contributed by atoms with Gasteiger partial charge >= 0.3 is 12.4 Å². The molecular formula is C19H16F6N6O. The van der Waals surface area contributed by atoms with E-state index in [9.17, 15) is 31.1 Å². The number of nitrogens with one attached hydrogen (secondary N) is 2. The maximum Gasteiger partial charge on any atom is 0.417 e. The van der Waals surface area contributed by atoms with Gasteiger partial charge in [0.15, 0.2) is 5.82 Å². The normalized spacial score (nSPS) is 13.2. The third kappa shape index (κ3) is 4.72. The Hall–Kier alpha value is -3.48. The van der Waals surface area contributed by atoms with Gasteiger partial charge in [0.2, 0.25) is 0 Å². The minimum atomic E-state index is -5.22. The number of carbonyl (C=O) groups excluding carboxylic acids is 1. The zero-order chi connectivity index (χ0) is 23.7. The molecule has 2 aromatic heterocycles. The maximum absolute atomic E-state index is 13.4. The van der Waals surface area contributed by atoms with Gasteiger partial charge in [0, 0.05) is 12.7 Å². The fraction of sp³-hybridized carbons (Fsp3) is 0.263. The molecular weight excluding hydrogens is 442 g/mol. The van der Waals surface area contributed by atoms with Gasteiger partial charge in [-0.2, -0.15) is 26.3 Å². The molecule has 0 bridgehead atoms. The van der Waals surface area contributed by atoms with E-state index in [0.29, 0.717) is 12.1 Å². The first kappa shape index (κ1) is 23.2. The van der Waals surface area contributed by atoms with Crippen molar-refractivity contribution < 1.29 is 31.1 Å². The van der Waals surface area contributed by atoms with E-state index in [2.05, 4.69) is 25.6 Å². The van der Waals surface area contributed by atoms with Gasteiger partial charge < -0.3 is 16.4 Å². The van der Waals surface area contributed by atoms with Gasteiger partial charge in [0.25, 0.3) is 5.91 Å². The number of carbonyl (C=O) groups is 1. The number of halogens is 6. The summed E-state index contributed by atoms with van der Waals surface area (Å²) in [4.78, 5) is 23.7. The molecule has 0 aliphatic carbocycles. The van der Waals surface area contributed by atoms with Crippen LogP contribution in [0, 0.1) is 0 Å². The number of amides is 1. The van der Waals surface area contributed by atoms with E-state index in [1.54, 1.807) is 0 Å². The topological polar surface area (TPSA) is 106 Å². The second-order valence-corrected chi connectivity index (χ2v) is 6.70. The van der Waals surface area contributed by atoms with E-state index >= 15 is 0 Å². The van der Waals surface area contributed by atoms with Gasteiger partial charge in [-0.25, -0.2) is 9.97 Å². The lowest BCUT2D eigenvalue weighted by molar-refractivity contribution is -0.162. The summed E-state index contributed by atoms with van der Waals surface area (Å²) in [6.07, 6.45) is -8.01. The summed E-state index contributed by atoms with van der Waals surface area (Å²) in [5.74, 6) is -0.710. The van der Waals surface area contributed by atoms with E-state index in [1.807, 2.05) is 0 Å². The molecule has 0 saturated heterocycles. The number of nitrogens with zero attached hydrogens (tertiary/aromatic N) is 3. The lowest BCUT2D eigenvalue weighted by atomic mass is 9.98. The van der Waals surface area contributed by atoms with Crippen molar-refractivity contribution in [3.05, 3.63) is 59.0 Å². The summed E-state index contributed by atoms with van der Waals surface area (Å²) in [7, 11) is 1.52. The second-order valence-electron chi connectivity index (χ2n) is 6.70. The minimum Gasteiger partial charge on any atom is -0.366 e. The Morgan fingerprint density at radius 1 is 1.00 bits per heavy atom. The zero-order valence-electron chi connectivity index (χ0n) is 16.3. The standard InChI is InChI=1S/C19H16F6N6O/c1-27-7-13(9-2-3-11(18(20,21)22)12(6-9)19(23,24)25)31-17-15-14(29-8-30-17)10(16(26)32)4-5-28-15/h2-6,8,13,27H,7H2,1H3,(H2,26,32)(H,29,30,31). The van der Waals surface area contributed by atoms with Gasteiger partial charge in [-0.3, -0.25) is 9.78 Å². The Balaban J connectivity index is 2.09. The molecule has 7 nitrogen and oxygen atoms in total. The Labute approximate surface area is 177 Å². The summed E-state index contributed by atoms with van der Waals surface area (Å²) in [6.45, 7) is 0.0314. The molecule has 0 aliphatic heterocycles. The van der Waals surface area contributed by atoms with Crippen LogP contribution in [-0.2, 0) is 12.4 Å². The lowest BCUT2D eigenvalue weighted by Crippen LogP contribution is -2.25. The number of fused-ring (bicyclic) bond motifs is 1. The molecule has 0 radical (unpaired) electrons. The van der Waals surface area contributed by atoms with Gasteiger partial charge in [-0.15, -0.1) is 0 Å². The summed E-state index contributed by atoms with van der Waals surface area (Å²) >= 11 is 0. The molecule has 32 heavy (non-hydrogen) atoms. The average molecular weight is 458 g/mol. The van der Waals surface area contributed by atoms with E-state index in [4.69, 9.17) is 5.73 Å². The van der Waals surface area contributed by atoms with Crippen LogP contribution < -0.4 is 16.4 Å². The molecule has 1 unspecified atom stereocenters. The van der Waals surface area contributed by atoms with E-state index in [1.165, 1.54) is 19.3 Å². The van der Waals surface area contributed by atoms with Gasteiger partial charge in [-0.05, 0) is 30.8 Å². The van der Waals surface area contributed by atoms with Crippen LogP contribution in [0.5, 0.6) is 0 Å². The quantitative estimate of drug-likeness (QED) is 0.488. The molecule has 4 N–H and O–H groups in total. The summed E-state index contributed by atoms with van der Waals surface area (Å²) in [5, 5.41) is 5.63. The van der Waals surface area contributed by atoms with Gasteiger partial charge in [0.05, 0.1) is 22.7 Å². The number of primary amides is 1. The van der Waals surface area contributed by atoms with Crippen LogP contribution in [0.25, 0.3) is 11.0 Å². The molecule has 1 amide bonds. The third-order valence-corrected chi connectivity index (χ3v) is 4.56. The molecule has 0 saturated carbocycles. The van der Waals surface area contributed by atoms with Crippen LogP contribution in [0.3, 0.4) is 0 Å². The molecule has 170 valence electrons. The Bertz CT molecular complexity index is 1150. The highest BCUT2D eigenvalue weighted by molar-refractivity contribution is 6.05. The van der Waals surface area contributed by atoms with E-state index < -0.39 is 35.4 Å². The van der Waals surface area contributed by atoms with Crippen LogP contribution in [-0.4, -0.2) is 34.5 Å². The predicted molar refractivity (Wildman–Crippen MR) is 103 cm³/mol. The first-order chi connectivity index (χ1) is 14.9. The van der Waals surface area contributed by atoms with Crippen molar-refractivity contribution in [1.82, 2.24) is 20.3 Å². The van der Waals surface area contributed by atoms with Crippen molar-refractivity contribution in [3.8, 4) is 0 Å². The van der Waals surface area contributed by atoms with Crippen molar-refractivity contribution in [2.45, 2.75) is 18.4 Å². The highest BCUT2D eigenvalue weighted by Crippen LogP contribution is 2.41. The molecule has 0 spiro atoms. The zero-order valence-corrected chi connectivity index (χ0v) is 16.3. The third-order valence-electron chi connectivity index (χ3n) is 4.56. The summed E-state index contributed by atoms with van der Waals surface area (Å²) in [6, 6.07) is 2.21. The van der Waals surface area contributed by atoms with Crippen molar-refractivity contribution in [2.24, 2.45) is 5.73 Å². The number of rotatable bonds is 6. The van der Waals surface area contributed by atoms with Crippen molar-refractivity contribution in [3.63, 3.8) is 0 Å². The first-order valence-electron chi connectivity index (χ1n) is 9.02. The number of aromatic nitrogens is 3. The van der Waals surface area contributed by atoms with Crippen LogP contribution in [0.15, 0.2) is 36.8 Å². The molecule has 3 aromatic rings. The highest BCUT2D eigenvalue weighted by atomic mass is 19.4. The van der Waals surface area contributed by atoms with Crippen LogP contribution >= 0.6 is 0 Å². The maximum atomic E-state index is 13.4. The molecule has 2 heterocycles. The van der Waals surface area contributed by atoms with E-state index in [0.717, 1.165) is 12.4 Å². The highest BCUT2D eigenvalue weighted by Gasteiger charge is 2.43. The summed E-state index contributed by atoms with van der Waals surface area (Å²) in [5.41, 5.74) is 1.96. The van der Waals surface area contributed by atoms with Crippen molar-refractivity contribution in [2.75, 3.05) is 18.9 Å². The number of hydrogen-bond donors (Lipinski definition) is 3. The fourth-order valence-corrected chi connectivity index (χ4v) is 3.15. The van der Waals surface area contributed by atoms with Gasteiger partial charge in [0.1, 0.15) is 17.4 Å². The van der Waals surface area contributed by atoms with Crippen molar-refractivity contribution in [1.29, 1.82) is 0 Å². The monoisotopic (exact) mass is 458 g/mol. The fourth-order valence-electron chi connectivity index (χ4n) is 3.15. The number of alkyl halides is 6.